The lowest BCUT2D eigenvalue weighted by atomic mass is 10.2. The molecular formula is C11H9FN4. The van der Waals surface area contributed by atoms with Crippen LogP contribution in [0.15, 0.2) is 24.3 Å². The van der Waals surface area contributed by atoms with Crippen LogP contribution in [0.2, 0.25) is 0 Å². The summed E-state index contributed by atoms with van der Waals surface area (Å²) >= 11 is 0. The minimum absolute atomic E-state index is 0.270. The van der Waals surface area contributed by atoms with Crippen molar-refractivity contribution in [1.82, 2.24) is 9.78 Å². The van der Waals surface area contributed by atoms with Gasteiger partial charge in [-0.2, -0.15) is 10.4 Å². The summed E-state index contributed by atoms with van der Waals surface area (Å²) < 4.78 is 14.2. The molecule has 4 nitrogen and oxygen atoms in total. The van der Waals surface area contributed by atoms with Gasteiger partial charge in [0.25, 0.3) is 0 Å². The Kier molecular flexibility index (Phi) is 2.33. The predicted molar refractivity (Wildman–Crippen MR) is 57.4 cm³/mol. The fraction of sp³-hybridized carbons (Fsp3) is 0.0909. The minimum Gasteiger partial charge on any atom is -0.382 e. The zero-order chi connectivity index (χ0) is 11.7. The van der Waals surface area contributed by atoms with Crippen molar-refractivity contribution in [1.29, 1.82) is 5.26 Å². The molecule has 1 heterocycles. The summed E-state index contributed by atoms with van der Waals surface area (Å²) in [7, 11) is 0. The van der Waals surface area contributed by atoms with Gasteiger partial charge >= 0.3 is 0 Å². The van der Waals surface area contributed by atoms with Crippen molar-refractivity contribution in [2.45, 2.75) is 6.92 Å². The molecule has 0 spiro atoms. The maximum atomic E-state index is 12.7. The minimum atomic E-state index is -0.327. The number of nitriles is 1. The van der Waals surface area contributed by atoms with Crippen LogP contribution in [-0.2, 0) is 0 Å². The van der Waals surface area contributed by atoms with E-state index >= 15 is 0 Å². The molecule has 0 aliphatic heterocycles. The van der Waals surface area contributed by atoms with Crippen LogP contribution in [0.4, 0.5) is 10.2 Å². The lowest BCUT2D eigenvalue weighted by Crippen LogP contribution is -2.02. The van der Waals surface area contributed by atoms with Crippen molar-refractivity contribution in [3.8, 4) is 11.8 Å². The van der Waals surface area contributed by atoms with Gasteiger partial charge in [-0.1, -0.05) is 0 Å². The average molecular weight is 216 g/mol. The van der Waals surface area contributed by atoms with Crippen LogP contribution >= 0.6 is 0 Å². The fourth-order valence-electron chi connectivity index (χ4n) is 1.46. The Labute approximate surface area is 91.7 Å². The summed E-state index contributed by atoms with van der Waals surface area (Å²) in [5, 5.41) is 13.0. The lowest BCUT2D eigenvalue weighted by Gasteiger charge is -2.02. The van der Waals surface area contributed by atoms with E-state index in [-0.39, 0.29) is 11.6 Å². The summed E-state index contributed by atoms with van der Waals surface area (Å²) in [6, 6.07) is 7.73. The van der Waals surface area contributed by atoms with Crippen LogP contribution in [0.1, 0.15) is 11.3 Å². The van der Waals surface area contributed by atoms with Gasteiger partial charge in [0.05, 0.1) is 11.4 Å². The standard InChI is InChI=1S/C11H9FN4/c1-7-10(6-13)11(14)16(15-7)9-4-2-8(12)3-5-9/h2-5H,14H2,1H3. The molecule has 2 rings (SSSR count). The Morgan fingerprint density at radius 1 is 1.38 bits per heavy atom. The molecule has 5 heteroatoms. The Bertz CT molecular complexity index is 563. The van der Waals surface area contributed by atoms with Crippen LogP contribution in [0.5, 0.6) is 0 Å². The third-order valence-corrected chi connectivity index (χ3v) is 2.28. The second kappa shape index (κ2) is 3.66. The number of nitrogens with zero attached hydrogens (tertiary/aromatic N) is 3. The molecule has 16 heavy (non-hydrogen) atoms. The van der Waals surface area contributed by atoms with Gasteiger partial charge in [-0.3, -0.25) is 0 Å². The van der Waals surface area contributed by atoms with E-state index < -0.39 is 0 Å². The van der Waals surface area contributed by atoms with Crippen molar-refractivity contribution in [3.05, 3.63) is 41.3 Å². The van der Waals surface area contributed by atoms with Gasteiger partial charge in [0.15, 0.2) is 0 Å². The van der Waals surface area contributed by atoms with E-state index in [2.05, 4.69) is 5.10 Å². The van der Waals surface area contributed by atoms with Crippen molar-refractivity contribution < 1.29 is 4.39 Å². The molecule has 0 aliphatic rings. The number of rotatable bonds is 1. The van der Waals surface area contributed by atoms with E-state index in [0.717, 1.165) is 0 Å². The van der Waals surface area contributed by atoms with Gasteiger partial charge in [0.2, 0.25) is 0 Å². The Hall–Kier alpha value is -2.35. The van der Waals surface area contributed by atoms with Crippen LogP contribution in [-0.4, -0.2) is 9.78 Å². The molecule has 80 valence electrons. The number of nitrogen functional groups attached to an aromatic ring is 1. The molecule has 0 aliphatic carbocycles. The van der Waals surface area contributed by atoms with E-state index in [1.165, 1.54) is 16.8 Å². The third kappa shape index (κ3) is 1.50. The quantitative estimate of drug-likeness (QED) is 0.789. The van der Waals surface area contributed by atoms with Crippen LogP contribution < -0.4 is 5.73 Å². The van der Waals surface area contributed by atoms with Crippen molar-refractivity contribution >= 4 is 5.82 Å². The molecular weight excluding hydrogens is 207 g/mol. The molecule has 0 saturated heterocycles. The molecule has 2 aromatic rings. The van der Waals surface area contributed by atoms with E-state index in [0.29, 0.717) is 16.9 Å². The molecule has 0 amide bonds. The van der Waals surface area contributed by atoms with E-state index in [1.54, 1.807) is 19.1 Å². The van der Waals surface area contributed by atoms with E-state index in [1.807, 2.05) is 6.07 Å². The highest BCUT2D eigenvalue weighted by Gasteiger charge is 2.12. The van der Waals surface area contributed by atoms with Gasteiger partial charge in [-0.15, -0.1) is 0 Å². The van der Waals surface area contributed by atoms with Gasteiger partial charge in [-0.05, 0) is 31.2 Å². The molecule has 0 unspecified atom stereocenters. The van der Waals surface area contributed by atoms with Crippen molar-refractivity contribution in [2.24, 2.45) is 0 Å². The first-order valence-electron chi connectivity index (χ1n) is 4.64. The average Bonchev–Trinajstić information content (AvgIpc) is 2.55. The molecule has 1 aromatic carbocycles. The predicted octanol–water partition coefficient (Wildman–Crippen LogP) is 1.77. The number of hydrogen-bond donors (Lipinski definition) is 1. The normalized spacial score (nSPS) is 10.1. The first-order chi connectivity index (χ1) is 7.63. The number of anilines is 1. The molecule has 0 fully saturated rings. The van der Waals surface area contributed by atoms with Crippen molar-refractivity contribution in [2.75, 3.05) is 5.73 Å². The third-order valence-electron chi connectivity index (χ3n) is 2.28. The zero-order valence-electron chi connectivity index (χ0n) is 8.61. The summed E-state index contributed by atoms with van der Waals surface area (Å²) in [6.07, 6.45) is 0. The topological polar surface area (TPSA) is 67.6 Å². The highest BCUT2D eigenvalue weighted by molar-refractivity contribution is 5.55. The number of nitrogens with two attached hydrogens (primary N) is 1. The summed E-state index contributed by atoms with van der Waals surface area (Å²) in [5.74, 6) is -0.0571. The number of benzene rings is 1. The van der Waals surface area contributed by atoms with Gasteiger partial charge < -0.3 is 5.73 Å². The SMILES string of the molecule is Cc1nn(-c2ccc(F)cc2)c(N)c1C#N. The number of aromatic nitrogens is 2. The molecule has 0 atom stereocenters. The maximum absolute atomic E-state index is 12.7. The zero-order valence-corrected chi connectivity index (χ0v) is 8.61. The Morgan fingerprint density at radius 3 is 2.50 bits per heavy atom. The highest BCUT2D eigenvalue weighted by atomic mass is 19.1. The van der Waals surface area contributed by atoms with E-state index in [4.69, 9.17) is 11.0 Å². The first-order valence-corrected chi connectivity index (χ1v) is 4.64. The number of hydrogen-bond acceptors (Lipinski definition) is 3. The molecule has 0 saturated carbocycles. The smallest absolute Gasteiger partial charge is 0.145 e. The molecule has 2 N–H and O–H groups in total. The number of aryl methyl sites for hydroxylation is 1. The fourth-order valence-corrected chi connectivity index (χ4v) is 1.46. The summed E-state index contributed by atoms with van der Waals surface area (Å²) in [4.78, 5) is 0. The summed E-state index contributed by atoms with van der Waals surface area (Å²) in [5.41, 5.74) is 7.31. The second-order valence-corrected chi connectivity index (χ2v) is 3.35. The van der Waals surface area contributed by atoms with Crippen LogP contribution in [0, 0.1) is 24.1 Å². The van der Waals surface area contributed by atoms with Crippen molar-refractivity contribution in [3.63, 3.8) is 0 Å². The summed E-state index contributed by atoms with van der Waals surface area (Å²) in [6.45, 7) is 1.70. The Morgan fingerprint density at radius 2 is 2.00 bits per heavy atom. The molecule has 0 radical (unpaired) electrons. The second-order valence-electron chi connectivity index (χ2n) is 3.35. The lowest BCUT2D eigenvalue weighted by molar-refractivity contribution is 0.627. The van der Waals surface area contributed by atoms with Gasteiger partial charge in [0, 0.05) is 0 Å². The monoisotopic (exact) mass is 216 g/mol. The van der Waals surface area contributed by atoms with Gasteiger partial charge in [0.1, 0.15) is 23.3 Å². The van der Waals surface area contributed by atoms with Crippen LogP contribution in [0.25, 0.3) is 5.69 Å². The first kappa shape index (κ1) is 10.2. The Balaban J connectivity index is 2.58. The van der Waals surface area contributed by atoms with E-state index in [9.17, 15) is 4.39 Å². The highest BCUT2D eigenvalue weighted by Crippen LogP contribution is 2.19. The van der Waals surface area contributed by atoms with Crippen LogP contribution in [0.3, 0.4) is 0 Å². The molecule has 1 aromatic heterocycles. The van der Waals surface area contributed by atoms with Gasteiger partial charge in [-0.25, -0.2) is 9.07 Å². The molecule has 0 bridgehead atoms. The maximum Gasteiger partial charge on any atom is 0.145 e. The largest absolute Gasteiger partial charge is 0.382 e. The number of halogens is 1.